The molecule has 1 aliphatic rings. The predicted molar refractivity (Wildman–Crippen MR) is 104 cm³/mol. The van der Waals surface area contributed by atoms with Crippen LogP contribution in [0.4, 0.5) is 0 Å². The largest absolute Gasteiger partial charge is 0.311 e. The molecule has 3 heteroatoms. The van der Waals surface area contributed by atoms with E-state index < -0.39 is 0 Å². The van der Waals surface area contributed by atoms with Crippen molar-refractivity contribution in [2.24, 2.45) is 5.92 Å². The van der Waals surface area contributed by atoms with Gasteiger partial charge in [0.2, 0.25) is 0 Å². The number of nitrogens with one attached hydrogen (secondary N) is 1. The highest BCUT2D eigenvalue weighted by atomic mass is 35.5. The first-order chi connectivity index (χ1) is 12.1. The second-order valence-corrected chi connectivity index (χ2v) is 7.82. The number of hydrogen-bond acceptors (Lipinski definition) is 2. The van der Waals surface area contributed by atoms with Crippen molar-refractivity contribution in [1.82, 2.24) is 5.32 Å². The first-order valence-electron chi connectivity index (χ1n) is 9.14. The highest BCUT2D eigenvalue weighted by Crippen LogP contribution is 2.31. The highest BCUT2D eigenvalue weighted by Gasteiger charge is 2.34. The molecule has 0 aromatic heterocycles. The lowest BCUT2D eigenvalue weighted by Crippen LogP contribution is -2.50. The van der Waals surface area contributed by atoms with Crippen molar-refractivity contribution in [3.05, 3.63) is 70.7 Å². The lowest BCUT2D eigenvalue weighted by Gasteiger charge is -2.39. The fourth-order valence-corrected chi connectivity index (χ4v) is 3.98. The number of halogens is 1. The van der Waals surface area contributed by atoms with Gasteiger partial charge in [-0.25, -0.2) is 0 Å². The first kappa shape index (κ1) is 18.2. The minimum Gasteiger partial charge on any atom is -0.311 e. The lowest BCUT2D eigenvalue weighted by atomic mass is 9.77. The van der Waals surface area contributed by atoms with E-state index in [2.05, 4.69) is 42.6 Å². The van der Waals surface area contributed by atoms with Gasteiger partial charge in [-0.2, -0.15) is 0 Å². The van der Waals surface area contributed by atoms with Crippen LogP contribution in [-0.4, -0.2) is 17.9 Å². The zero-order valence-electron chi connectivity index (χ0n) is 14.8. The molecule has 2 aromatic rings. The van der Waals surface area contributed by atoms with E-state index in [4.69, 9.17) is 11.6 Å². The quantitative estimate of drug-likeness (QED) is 0.712. The summed E-state index contributed by atoms with van der Waals surface area (Å²) in [5.74, 6) is 0.358. The second-order valence-electron chi connectivity index (χ2n) is 7.39. The van der Waals surface area contributed by atoms with E-state index in [-0.39, 0.29) is 17.2 Å². The molecule has 1 N–H and O–H groups in total. The van der Waals surface area contributed by atoms with Crippen molar-refractivity contribution in [3.63, 3.8) is 0 Å². The van der Waals surface area contributed by atoms with E-state index in [1.54, 1.807) is 12.1 Å². The predicted octanol–water partition coefficient (Wildman–Crippen LogP) is 5.30. The van der Waals surface area contributed by atoms with Crippen LogP contribution in [0.1, 0.15) is 48.5 Å². The third kappa shape index (κ3) is 4.93. The third-order valence-electron chi connectivity index (χ3n) is 5.28. The highest BCUT2D eigenvalue weighted by molar-refractivity contribution is 6.30. The van der Waals surface area contributed by atoms with Crippen LogP contribution < -0.4 is 5.32 Å². The van der Waals surface area contributed by atoms with Crippen molar-refractivity contribution >= 4 is 17.4 Å². The van der Waals surface area contributed by atoms with Gasteiger partial charge >= 0.3 is 0 Å². The summed E-state index contributed by atoms with van der Waals surface area (Å²) in [6, 6.07) is 17.9. The molecule has 3 rings (SSSR count). The minimum absolute atomic E-state index is 0.0415. The van der Waals surface area contributed by atoms with Crippen LogP contribution in [0.25, 0.3) is 0 Å². The van der Waals surface area contributed by atoms with Crippen molar-refractivity contribution < 1.29 is 4.79 Å². The molecule has 1 fully saturated rings. The molecule has 0 bridgehead atoms. The maximum absolute atomic E-state index is 12.8. The Morgan fingerprint density at radius 1 is 1.16 bits per heavy atom. The molecule has 0 aliphatic carbocycles. The molecule has 1 heterocycles. The van der Waals surface area contributed by atoms with Crippen LogP contribution >= 0.6 is 11.6 Å². The summed E-state index contributed by atoms with van der Waals surface area (Å²) in [6.45, 7) is 3.17. The third-order valence-corrected chi connectivity index (χ3v) is 5.53. The van der Waals surface area contributed by atoms with Crippen LogP contribution in [0.15, 0.2) is 54.6 Å². The molecular formula is C22H26ClNO. The molecule has 25 heavy (non-hydrogen) atoms. The van der Waals surface area contributed by atoms with E-state index in [1.807, 2.05) is 12.1 Å². The van der Waals surface area contributed by atoms with Crippen LogP contribution in [0.2, 0.25) is 5.02 Å². The van der Waals surface area contributed by atoms with E-state index in [9.17, 15) is 4.79 Å². The van der Waals surface area contributed by atoms with Gasteiger partial charge < -0.3 is 5.32 Å². The van der Waals surface area contributed by atoms with Gasteiger partial charge in [0.15, 0.2) is 5.78 Å². The summed E-state index contributed by atoms with van der Waals surface area (Å²) >= 11 is 5.93. The van der Waals surface area contributed by atoms with Gasteiger partial charge in [0, 0.05) is 22.0 Å². The van der Waals surface area contributed by atoms with E-state index in [0.717, 1.165) is 44.2 Å². The Morgan fingerprint density at radius 3 is 2.60 bits per heavy atom. The van der Waals surface area contributed by atoms with E-state index >= 15 is 0 Å². The molecule has 1 aliphatic heterocycles. The fraction of sp³-hybridized carbons (Fsp3) is 0.409. The van der Waals surface area contributed by atoms with Gasteiger partial charge in [-0.1, -0.05) is 41.9 Å². The van der Waals surface area contributed by atoms with Crippen LogP contribution in [-0.2, 0) is 6.42 Å². The molecule has 1 saturated heterocycles. The normalized spacial score (nSPS) is 23.4. The molecule has 2 unspecified atom stereocenters. The molecule has 0 spiro atoms. The van der Waals surface area contributed by atoms with Crippen molar-refractivity contribution in [1.29, 1.82) is 0 Å². The standard InChI is InChI=1S/C22H26ClNO/c1-22(14-5-8-17-6-3-2-4-7-17)16-19(13-15-24-22)21(25)18-9-11-20(23)12-10-18/h2-4,6-7,9-12,19,24H,5,8,13-16H2,1H3. The average Bonchev–Trinajstić information content (AvgIpc) is 2.62. The first-order valence-corrected chi connectivity index (χ1v) is 9.52. The van der Waals surface area contributed by atoms with Gasteiger partial charge in [-0.05, 0) is 75.4 Å². The second kappa shape index (κ2) is 8.16. The molecule has 2 atom stereocenters. The van der Waals surface area contributed by atoms with E-state index in [0.29, 0.717) is 5.02 Å². The number of piperidine rings is 1. The van der Waals surface area contributed by atoms with Crippen molar-refractivity contribution in [3.8, 4) is 0 Å². The molecule has 132 valence electrons. The Kier molecular flexibility index (Phi) is 5.93. The number of benzene rings is 2. The lowest BCUT2D eigenvalue weighted by molar-refractivity contribution is 0.0834. The summed E-state index contributed by atoms with van der Waals surface area (Å²) in [5.41, 5.74) is 2.21. The van der Waals surface area contributed by atoms with Crippen molar-refractivity contribution in [2.45, 2.75) is 44.6 Å². The van der Waals surface area contributed by atoms with Gasteiger partial charge in [-0.3, -0.25) is 4.79 Å². The molecule has 0 amide bonds. The van der Waals surface area contributed by atoms with Gasteiger partial charge in [0.05, 0.1) is 0 Å². The van der Waals surface area contributed by atoms with Gasteiger partial charge in [0.1, 0.15) is 0 Å². The number of Topliss-reactive ketones (excluding diaryl/α,β-unsaturated/α-hetero) is 1. The molecular weight excluding hydrogens is 330 g/mol. The monoisotopic (exact) mass is 355 g/mol. The van der Waals surface area contributed by atoms with Crippen LogP contribution in [0.3, 0.4) is 0 Å². The zero-order valence-corrected chi connectivity index (χ0v) is 15.6. The topological polar surface area (TPSA) is 29.1 Å². The Balaban J connectivity index is 1.57. The Labute approximate surface area is 155 Å². The smallest absolute Gasteiger partial charge is 0.166 e. The van der Waals surface area contributed by atoms with Crippen LogP contribution in [0.5, 0.6) is 0 Å². The zero-order chi connectivity index (χ0) is 17.7. The molecule has 0 saturated carbocycles. The number of carbonyl (C=O) groups is 1. The maximum Gasteiger partial charge on any atom is 0.166 e. The fourth-order valence-electron chi connectivity index (χ4n) is 3.86. The molecule has 2 nitrogen and oxygen atoms in total. The molecule has 0 radical (unpaired) electrons. The van der Waals surface area contributed by atoms with Gasteiger partial charge in [-0.15, -0.1) is 0 Å². The number of ketones is 1. The number of aryl methyl sites for hydroxylation is 1. The summed E-state index contributed by atoms with van der Waals surface area (Å²) in [4.78, 5) is 12.8. The Bertz CT molecular complexity index is 698. The summed E-state index contributed by atoms with van der Waals surface area (Å²) < 4.78 is 0. The van der Waals surface area contributed by atoms with Crippen molar-refractivity contribution in [2.75, 3.05) is 6.54 Å². The number of carbonyl (C=O) groups excluding carboxylic acids is 1. The SMILES string of the molecule is CC1(CCCc2ccccc2)CC(C(=O)c2ccc(Cl)cc2)CCN1. The van der Waals surface area contributed by atoms with E-state index in [1.165, 1.54) is 5.56 Å². The summed E-state index contributed by atoms with van der Waals surface area (Å²) in [5, 5.41) is 4.33. The Morgan fingerprint density at radius 2 is 1.88 bits per heavy atom. The summed E-state index contributed by atoms with van der Waals surface area (Å²) in [6.07, 6.45) is 5.13. The average molecular weight is 356 g/mol. The Hall–Kier alpha value is -1.64. The number of rotatable bonds is 6. The summed E-state index contributed by atoms with van der Waals surface area (Å²) in [7, 11) is 0. The number of hydrogen-bond donors (Lipinski definition) is 1. The van der Waals surface area contributed by atoms with Gasteiger partial charge in [0.25, 0.3) is 0 Å². The van der Waals surface area contributed by atoms with Crippen LogP contribution in [0, 0.1) is 5.92 Å². The maximum atomic E-state index is 12.8. The minimum atomic E-state index is 0.0415. The molecule has 2 aromatic carbocycles.